The SMILES string of the molecule is CN=C(NCc1cc(OC)c(OC)c(OC)c1)NCc1ncc(C(C)(C)C)o1.I. The van der Waals surface area contributed by atoms with Gasteiger partial charge in [0.2, 0.25) is 11.6 Å². The predicted octanol–water partition coefficient (Wildman–Crippen LogP) is 3.48. The van der Waals surface area contributed by atoms with Crippen molar-refractivity contribution in [3.63, 3.8) is 0 Å². The first-order chi connectivity index (χ1) is 13.3. The number of benzene rings is 1. The molecular weight excluding hydrogens is 487 g/mol. The van der Waals surface area contributed by atoms with E-state index in [9.17, 15) is 0 Å². The Bertz CT molecular complexity index is 790. The molecule has 1 aromatic heterocycles. The van der Waals surface area contributed by atoms with Gasteiger partial charge in [-0.15, -0.1) is 24.0 Å². The van der Waals surface area contributed by atoms with E-state index in [2.05, 4.69) is 41.4 Å². The van der Waals surface area contributed by atoms with Gasteiger partial charge in [0.1, 0.15) is 5.76 Å². The van der Waals surface area contributed by atoms with Crippen LogP contribution in [-0.2, 0) is 18.5 Å². The monoisotopic (exact) mass is 518 g/mol. The Morgan fingerprint density at radius 3 is 2.07 bits per heavy atom. The summed E-state index contributed by atoms with van der Waals surface area (Å²) >= 11 is 0. The fourth-order valence-electron chi connectivity index (χ4n) is 2.54. The third-order valence-electron chi connectivity index (χ3n) is 4.11. The fourth-order valence-corrected chi connectivity index (χ4v) is 2.54. The number of nitrogens with one attached hydrogen (secondary N) is 2. The van der Waals surface area contributed by atoms with Crippen molar-refractivity contribution in [2.45, 2.75) is 39.3 Å². The number of ether oxygens (including phenoxy) is 3. The molecule has 0 aliphatic heterocycles. The lowest BCUT2D eigenvalue weighted by atomic mass is 9.94. The van der Waals surface area contributed by atoms with E-state index in [0.29, 0.717) is 42.2 Å². The predicted molar refractivity (Wildman–Crippen MR) is 124 cm³/mol. The van der Waals surface area contributed by atoms with Crippen LogP contribution in [-0.4, -0.2) is 39.3 Å². The molecule has 0 saturated carbocycles. The lowest BCUT2D eigenvalue weighted by Crippen LogP contribution is -2.36. The molecule has 0 bridgehead atoms. The minimum absolute atomic E-state index is 0. The molecule has 8 nitrogen and oxygen atoms in total. The largest absolute Gasteiger partial charge is 0.493 e. The lowest BCUT2D eigenvalue weighted by molar-refractivity contribution is 0.323. The van der Waals surface area contributed by atoms with Crippen LogP contribution >= 0.6 is 24.0 Å². The Morgan fingerprint density at radius 2 is 1.62 bits per heavy atom. The van der Waals surface area contributed by atoms with Gasteiger partial charge >= 0.3 is 0 Å². The van der Waals surface area contributed by atoms with Crippen molar-refractivity contribution < 1.29 is 18.6 Å². The molecule has 2 rings (SSSR count). The highest BCUT2D eigenvalue weighted by molar-refractivity contribution is 14.0. The zero-order valence-electron chi connectivity index (χ0n) is 18.1. The first-order valence-corrected chi connectivity index (χ1v) is 9.01. The Hall–Kier alpha value is -2.17. The van der Waals surface area contributed by atoms with Gasteiger partial charge in [-0.25, -0.2) is 4.98 Å². The quantitative estimate of drug-likeness (QED) is 0.330. The fraction of sp³-hybridized carbons (Fsp3) is 0.500. The van der Waals surface area contributed by atoms with Crippen LogP contribution in [0.4, 0.5) is 0 Å². The molecule has 162 valence electrons. The summed E-state index contributed by atoms with van der Waals surface area (Å²) in [6.07, 6.45) is 1.77. The molecular formula is C20H31IN4O4. The van der Waals surface area contributed by atoms with Crippen molar-refractivity contribution in [2.75, 3.05) is 28.4 Å². The van der Waals surface area contributed by atoms with E-state index in [-0.39, 0.29) is 29.4 Å². The average Bonchev–Trinajstić information content (AvgIpc) is 3.16. The Morgan fingerprint density at radius 1 is 1.03 bits per heavy atom. The molecule has 0 fully saturated rings. The van der Waals surface area contributed by atoms with Crippen LogP contribution in [0.25, 0.3) is 0 Å². The molecule has 1 heterocycles. The third kappa shape index (κ3) is 6.69. The van der Waals surface area contributed by atoms with Gasteiger partial charge in [-0.3, -0.25) is 4.99 Å². The van der Waals surface area contributed by atoms with Crippen LogP contribution in [0.1, 0.15) is 38.0 Å². The molecule has 0 radical (unpaired) electrons. The van der Waals surface area contributed by atoms with Crippen molar-refractivity contribution in [3.8, 4) is 17.2 Å². The average molecular weight is 518 g/mol. The van der Waals surface area contributed by atoms with Crippen molar-refractivity contribution in [1.82, 2.24) is 15.6 Å². The van der Waals surface area contributed by atoms with E-state index in [4.69, 9.17) is 18.6 Å². The second-order valence-electron chi connectivity index (χ2n) is 7.18. The Balaban J connectivity index is 0.00000420. The van der Waals surface area contributed by atoms with Crippen LogP contribution in [0.3, 0.4) is 0 Å². The van der Waals surface area contributed by atoms with Crippen LogP contribution < -0.4 is 24.8 Å². The van der Waals surface area contributed by atoms with E-state index in [0.717, 1.165) is 11.3 Å². The molecule has 0 unspecified atom stereocenters. The molecule has 9 heteroatoms. The highest BCUT2D eigenvalue weighted by Crippen LogP contribution is 2.38. The normalized spacial score (nSPS) is 11.5. The number of rotatable bonds is 7. The van der Waals surface area contributed by atoms with Gasteiger partial charge in [0.15, 0.2) is 17.5 Å². The van der Waals surface area contributed by atoms with Crippen molar-refractivity contribution in [2.24, 2.45) is 4.99 Å². The number of hydrogen-bond donors (Lipinski definition) is 2. The smallest absolute Gasteiger partial charge is 0.213 e. The number of nitrogens with zero attached hydrogens (tertiary/aromatic N) is 2. The Kier molecular flexibility index (Phi) is 9.54. The maximum Gasteiger partial charge on any atom is 0.213 e. The molecule has 29 heavy (non-hydrogen) atoms. The molecule has 0 saturated heterocycles. The first kappa shape index (κ1) is 24.9. The maximum absolute atomic E-state index is 5.79. The molecule has 2 N–H and O–H groups in total. The van der Waals surface area contributed by atoms with Crippen LogP contribution in [0.15, 0.2) is 27.7 Å². The van der Waals surface area contributed by atoms with E-state index < -0.39 is 0 Å². The standard InChI is InChI=1S/C20H30N4O4.HI/c1-20(2,3)16-11-22-17(28-16)12-24-19(21-4)23-10-13-8-14(25-5)18(27-7)15(9-13)26-6;/h8-9,11H,10,12H2,1-7H3,(H2,21,23,24);1H. The first-order valence-electron chi connectivity index (χ1n) is 9.01. The third-order valence-corrected chi connectivity index (χ3v) is 4.11. The van der Waals surface area contributed by atoms with Gasteiger partial charge in [0.05, 0.1) is 34.1 Å². The number of hydrogen-bond acceptors (Lipinski definition) is 6. The van der Waals surface area contributed by atoms with E-state index in [1.807, 2.05) is 12.1 Å². The zero-order chi connectivity index (χ0) is 20.7. The minimum atomic E-state index is -0.0718. The van der Waals surface area contributed by atoms with Gasteiger partial charge in [-0.1, -0.05) is 20.8 Å². The topological polar surface area (TPSA) is 90.1 Å². The summed E-state index contributed by atoms with van der Waals surface area (Å²) in [5, 5.41) is 6.45. The summed E-state index contributed by atoms with van der Waals surface area (Å²) in [6.45, 7) is 7.22. The molecule has 0 aliphatic rings. The summed E-state index contributed by atoms with van der Waals surface area (Å²) in [5.74, 6) is 3.87. The highest BCUT2D eigenvalue weighted by Gasteiger charge is 2.19. The summed E-state index contributed by atoms with van der Waals surface area (Å²) in [7, 11) is 6.48. The summed E-state index contributed by atoms with van der Waals surface area (Å²) in [4.78, 5) is 8.54. The maximum atomic E-state index is 5.79. The van der Waals surface area contributed by atoms with Gasteiger partial charge in [0.25, 0.3) is 0 Å². The number of methoxy groups -OCH3 is 3. The van der Waals surface area contributed by atoms with Gasteiger partial charge in [-0.2, -0.15) is 0 Å². The van der Waals surface area contributed by atoms with Gasteiger partial charge < -0.3 is 29.3 Å². The second kappa shape index (κ2) is 11.1. The summed E-state index contributed by atoms with van der Waals surface area (Å²) < 4.78 is 21.9. The van der Waals surface area contributed by atoms with Gasteiger partial charge in [0, 0.05) is 19.0 Å². The van der Waals surface area contributed by atoms with Crippen molar-refractivity contribution in [1.29, 1.82) is 0 Å². The van der Waals surface area contributed by atoms with Crippen LogP contribution in [0, 0.1) is 0 Å². The number of halogens is 1. The number of oxazole rings is 1. The highest BCUT2D eigenvalue weighted by atomic mass is 127. The minimum Gasteiger partial charge on any atom is -0.493 e. The number of guanidine groups is 1. The molecule has 1 aromatic carbocycles. The van der Waals surface area contributed by atoms with E-state index in [1.54, 1.807) is 34.6 Å². The van der Waals surface area contributed by atoms with E-state index >= 15 is 0 Å². The van der Waals surface area contributed by atoms with Crippen LogP contribution in [0.2, 0.25) is 0 Å². The summed E-state index contributed by atoms with van der Waals surface area (Å²) in [6, 6.07) is 3.79. The number of aliphatic imine (C=N–C) groups is 1. The lowest BCUT2D eigenvalue weighted by Gasteiger charge is -2.15. The molecule has 0 spiro atoms. The van der Waals surface area contributed by atoms with Crippen LogP contribution in [0.5, 0.6) is 17.2 Å². The number of aromatic nitrogens is 1. The molecule has 0 atom stereocenters. The van der Waals surface area contributed by atoms with E-state index in [1.165, 1.54) is 0 Å². The molecule has 0 aliphatic carbocycles. The van der Waals surface area contributed by atoms with Crippen molar-refractivity contribution >= 4 is 29.9 Å². The Labute approximate surface area is 189 Å². The zero-order valence-corrected chi connectivity index (χ0v) is 20.4. The summed E-state index contributed by atoms with van der Waals surface area (Å²) in [5.41, 5.74) is 0.890. The molecule has 0 amide bonds. The molecule has 2 aromatic rings. The van der Waals surface area contributed by atoms with Gasteiger partial charge in [-0.05, 0) is 17.7 Å². The van der Waals surface area contributed by atoms with Crippen molar-refractivity contribution in [3.05, 3.63) is 35.5 Å². The second-order valence-corrected chi connectivity index (χ2v) is 7.18.